The fourth-order valence-corrected chi connectivity index (χ4v) is 1.99. The molecule has 4 nitrogen and oxygen atoms in total. The number of aryl methyl sites for hydroxylation is 2. The first-order valence-corrected chi connectivity index (χ1v) is 6.05. The molecule has 5 heteroatoms. The summed E-state index contributed by atoms with van der Waals surface area (Å²) in [5.41, 5.74) is 3.11. The van der Waals surface area contributed by atoms with Gasteiger partial charge in [0.05, 0.1) is 30.1 Å². The van der Waals surface area contributed by atoms with Crippen LogP contribution < -0.4 is 10.1 Å². The second-order valence-electron chi connectivity index (χ2n) is 4.10. The van der Waals surface area contributed by atoms with Crippen LogP contribution >= 0.6 is 11.6 Å². The smallest absolute Gasteiger partial charge is 0.139 e. The van der Waals surface area contributed by atoms with Gasteiger partial charge in [0.2, 0.25) is 0 Å². The fraction of sp³-hybridized carbons (Fsp3) is 0.308. The molecule has 0 fully saturated rings. The van der Waals surface area contributed by atoms with E-state index in [0.717, 1.165) is 17.1 Å². The number of hydrogen-bond donors (Lipinski definition) is 1. The van der Waals surface area contributed by atoms with Crippen molar-refractivity contribution in [3.8, 4) is 5.75 Å². The van der Waals surface area contributed by atoms with E-state index in [1.165, 1.54) is 0 Å². The molecule has 0 amide bonds. The van der Waals surface area contributed by atoms with Gasteiger partial charge in [0.15, 0.2) is 0 Å². The van der Waals surface area contributed by atoms with Crippen LogP contribution in [0.4, 0.5) is 5.69 Å². The van der Waals surface area contributed by atoms with Gasteiger partial charge in [0.25, 0.3) is 0 Å². The van der Waals surface area contributed by atoms with Gasteiger partial charge in [-0.15, -0.1) is 0 Å². The Balaban J connectivity index is 2.08. The minimum Gasteiger partial charge on any atom is -0.495 e. The number of rotatable bonds is 4. The Morgan fingerprint density at radius 1 is 1.39 bits per heavy atom. The molecule has 0 aliphatic rings. The number of nitrogens with one attached hydrogen (secondary N) is 1. The van der Waals surface area contributed by atoms with Crippen molar-refractivity contribution in [2.24, 2.45) is 7.05 Å². The van der Waals surface area contributed by atoms with Crippen LogP contribution in [0.3, 0.4) is 0 Å². The van der Waals surface area contributed by atoms with Gasteiger partial charge in [-0.2, -0.15) is 5.10 Å². The SMILES string of the molecule is COc1cc(NCc2cc(C)nn2C)ccc1Cl. The maximum atomic E-state index is 5.98. The molecule has 2 aromatic rings. The average molecular weight is 266 g/mol. The lowest BCUT2D eigenvalue weighted by Crippen LogP contribution is -2.05. The van der Waals surface area contributed by atoms with E-state index < -0.39 is 0 Å². The molecule has 0 saturated carbocycles. The largest absolute Gasteiger partial charge is 0.495 e. The predicted octanol–water partition coefficient (Wildman–Crippen LogP) is 3.00. The Bertz CT molecular complexity index is 551. The summed E-state index contributed by atoms with van der Waals surface area (Å²) in [4.78, 5) is 0. The molecule has 0 atom stereocenters. The van der Waals surface area contributed by atoms with E-state index in [0.29, 0.717) is 17.3 Å². The van der Waals surface area contributed by atoms with Crippen molar-refractivity contribution in [2.75, 3.05) is 12.4 Å². The summed E-state index contributed by atoms with van der Waals surface area (Å²) in [6, 6.07) is 7.68. The van der Waals surface area contributed by atoms with Crippen molar-refractivity contribution in [3.63, 3.8) is 0 Å². The van der Waals surface area contributed by atoms with Crippen molar-refractivity contribution < 1.29 is 4.74 Å². The Morgan fingerprint density at radius 3 is 2.78 bits per heavy atom. The normalized spacial score (nSPS) is 10.4. The van der Waals surface area contributed by atoms with Gasteiger partial charge in [-0.25, -0.2) is 0 Å². The van der Waals surface area contributed by atoms with Crippen molar-refractivity contribution in [1.82, 2.24) is 9.78 Å². The summed E-state index contributed by atoms with van der Waals surface area (Å²) in [7, 11) is 3.54. The zero-order chi connectivity index (χ0) is 13.1. The molecule has 1 aromatic carbocycles. The molecule has 0 unspecified atom stereocenters. The number of halogens is 1. The van der Waals surface area contributed by atoms with Crippen LogP contribution in [0.1, 0.15) is 11.4 Å². The molecular formula is C13H16ClN3O. The van der Waals surface area contributed by atoms with Crippen molar-refractivity contribution in [3.05, 3.63) is 40.7 Å². The van der Waals surface area contributed by atoms with Crippen LogP contribution in [0.5, 0.6) is 5.75 Å². The van der Waals surface area contributed by atoms with Crippen LogP contribution in [0.15, 0.2) is 24.3 Å². The lowest BCUT2D eigenvalue weighted by atomic mass is 10.3. The Kier molecular flexibility index (Phi) is 3.77. The highest BCUT2D eigenvalue weighted by Gasteiger charge is 2.04. The molecule has 2 rings (SSSR count). The number of anilines is 1. The zero-order valence-electron chi connectivity index (χ0n) is 10.7. The zero-order valence-corrected chi connectivity index (χ0v) is 11.5. The first-order valence-electron chi connectivity index (χ1n) is 5.67. The van der Waals surface area contributed by atoms with Gasteiger partial charge in [-0.05, 0) is 25.1 Å². The van der Waals surface area contributed by atoms with E-state index in [9.17, 15) is 0 Å². The molecule has 96 valence electrons. The molecular weight excluding hydrogens is 250 g/mol. The maximum absolute atomic E-state index is 5.98. The summed E-state index contributed by atoms with van der Waals surface area (Å²) < 4.78 is 7.05. The van der Waals surface area contributed by atoms with Gasteiger partial charge in [0.1, 0.15) is 5.75 Å². The maximum Gasteiger partial charge on any atom is 0.139 e. The Hall–Kier alpha value is -1.68. The molecule has 0 radical (unpaired) electrons. The first-order chi connectivity index (χ1) is 8.60. The van der Waals surface area contributed by atoms with Crippen LogP contribution in [-0.4, -0.2) is 16.9 Å². The van der Waals surface area contributed by atoms with Crippen molar-refractivity contribution in [2.45, 2.75) is 13.5 Å². The third-order valence-electron chi connectivity index (χ3n) is 2.72. The van der Waals surface area contributed by atoms with E-state index in [-0.39, 0.29) is 0 Å². The third kappa shape index (κ3) is 2.76. The molecule has 0 spiro atoms. The predicted molar refractivity (Wildman–Crippen MR) is 73.3 cm³/mol. The van der Waals surface area contributed by atoms with Crippen molar-refractivity contribution >= 4 is 17.3 Å². The quantitative estimate of drug-likeness (QED) is 0.924. The van der Waals surface area contributed by atoms with Gasteiger partial charge in [-0.1, -0.05) is 11.6 Å². The van der Waals surface area contributed by atoms with E-state index in [1.54, 1.807) is 7.11 Å². The molecule has 18 heavy (non-hydrogen) atoms. The highest BCUT2D eigenvalue weighted by Crippen LogP contribution is 2.27. The number of hydrogen-bond acceptors (Lipinski definition) is 3. The van der Waals surface area contributed by atoms with E-state index in [1.807, 2.05) is 36.9 Å². The molecule has 0 aliphatic carbocycles. The number of methoxy groups -OCH3 is 1. The highest BCUT2D eigenvalue weighted by atomic mass is 35.5. The molecule has 0 saturated heterocycles. The number of aromatic nitrogens is 2. The summed E-state index contributed by atoms with van der Waals surface area (Å²) in [5, 5.41) is 8.23. The molecule has 1 heterocycles. The second kappa shape index (κ2) is 5.31. The third-order valence-corrected chi connectivity index (χ3v) is 3.04. The fourth-order valence-electron chi connectivity index (χ4n) is 1.79. The monoisotopic (exact) mass is 265 g/mol. The second-order valence-corrected chi connectivity index (χ2v) is 4.51. The topological polar surface area (TPSA) is 39.1 Å². The Labute approximate surface area is 112 Å². The minimum atomic E-state index is 0.611. The minimum absolute atomic E-state index is 0.611. The van der Waals surface area contributed by atoms with Crippen LogP contribution in [0.25, 0.3) is 0 Å². The van der Waals surface area contributed by atoms with Crippen molar-refractivity contribution in [1.29, 1.82) is 0 Å². The van der Waals surface area contributed by atoms with E-state index >= 15 is 0 Å². The summed E-state index contributed by atoms with van der Waals surface area (Å²) in [5.74, 6) is 0.669. The van der Waals surface area contributed by atoms with E-state index in [4.69, 9.17) is 16.3 Å². The lowest BCUT2D eigenvalue weighted by Gasteiger charge is -2.09. The van der Waals surface area contributed by atoms with Crippen LogP contribution in [0, 0.1) is 6.92 Å². The van der Waals surface area contributed by atoms with Gasteiger partial charge in [0, 0.05) is 18.8 Å². The molecule has 1 aromatic heterocycles. The average Bonchev–Trinajstić information content (AvgIpc) is 2.67. The number of benzene rings is 1. The van der Waals surface area contributed by atoms with Crippen LogP contribution in [0.2, 0.25) is 5.02 Å². The Morgan fingerprint density at radius 2 is 2.17 bits per heavy atom. The van der Waals surface area contributed by atoms with E-state index in [2.05, 4.69) is 16.5 Å². The molecule has 1 N–H and O–H groups in total. The van der Waals surface area contributed by atoms with Crippen LogP contribution in [-0.2, 0) is 13.6 Å². The van der Waals surface area contributed by atoms with Gasteiger partial charge < -0.3 is 10.1 Å². The highest BCUT2D eigenvalue weighted by molar-refractivity contribution is 6.32. The first kappa shape index (κ1) is 12.8. The van der Waals surface area contributed by atoms with Gasteiger partial charge in [-0.3, -0.25) is 4.68 Å². The summed E-state index contributed by atoms with van der Waals surface area (Å²) in [6.07, 6.45) is 0. The lowest BCUT2D eigenvalue weighted by molar-refractivity contribution is 0.415. The molecule has 0 aliphatic heterocycles. The summed E-state index contributed by atoms with van der Waals surface area (Å²) >= 11 is 5.98. The summed E-state index contributed by atoms with van der Waals surface area (Å²) in [6.45, 7) is 2.69. The number of nitrogens with zero attached hydrogens (tertiary/aromatic N) is 2. The standard InChI is InChI=1S/C13H16ClN3O/c1-9-6-11(17(2)16-9)8-15-10-4-5-12(14)13(7-10)18-3/h4-7,15H,8H2,1-3H3. The van der Waals surface area contributed by atoms with Gasteiger partial charge >= 0.3 is 0 Å². The number of ether oxygens (including phenoxy) is 1. The molecule has 0 bridgehead atoms.